The van der Waals surface area contributed by atoms with Crippen molar-refractivity contribution in [3.05, 3.63) is 0 Å². The van der Waals surface area contributed by atoms with Crippen LogP contribution in [0.3, 0.4) is 0 Å². The van der Waals surface area contributed by atoms with E-state index >= 15 is 0 Å². The van der Waals surface area contributed by atoms with Crippen molar-refractivity contribution in [2.75, 3.05) is 26.2 Å². The van der Waals surface area contributed by atoms with Gasteiger partial charge >= 0.3 is 0 Å². The predicted octanol–water partition coefficient (Wildman–Crippen LogP) is 3.86. The van der Waals surface area contributed by atoms with E-state index in [1.807, 2.05) is 0 Å². The van der Waals surface area contributed by atoms with Crippen LogP contribution in [0.25, 0.3) is 0 Å². The topological polar surface area (TPSA) is 121 Å². The van der Waals surface area contributed by atoms with Gasteiger partial charge in [-0.1, -0.05) is 34.6 Å². The molecule has 8 rings (SSSR count). The third kappa shape index (κ3) is 4.35. The molecule has 15 atom stereocenters. The highest BCUT2D eigenvalue weighted by atomic mass is 16.7. The van der Waals surface area contributed by atoms with Crippen molar-refractivity contribution in [3.8, 4) is 0 Å². The van der Waals surface area contributed by atoms with Crippen LogP contribution in [0.5, 0.6) is 0 Å². The molecule has 5 saturated carbocycles. The van der Waals surface area contributed by atoms with Crippen LogP contribution in [0.2, 0.25) is 0 Å². The van der Waals surface area contributed by atoms with Crippen molar-refractivity contribution in [2.45, 2.75) is 155 Å². The van der Waals surface area contributed by atoms with Crippen LogP contribution in [-0.4, -0.2) is 101 Å². The zero-order valence-corrected chi connectivity index (χ0v) is 30.0. The highest BCUT2D eigenvalue weighted by Gasteiger charge is 2.84. The van der Waals surface area contributed by atoms with E-state index in [0.717, 1.165) is 45.2 Å². The van der Waals surface area contributed by atoms with Gasteiger partial charge in [0.1, 0.15) is 6.10 Å². The summed E-state index contributed by atoms with van der Waals surface area (Å²) >= 11 is 0. The second-order valence-corrected chi connectivity index (χ2v) is 19.2. The number of hydrogen-bond donors (Lipinski definition) is 4. The molecule has 0 radical (unpaired) electrons. The number of ether oxygens (including phenoxy) is 3. The van der Waals surface area contributed by atoms with Crippen LogP contribution in [-0.2, 0) is 19.0 Å². The summed E-state index contributed by atoms with van der Waals surface area (Å²) in [4.78, 5) is 14.7. The Hall–Kier alpha value is -0.810. The Morgan fingerprint density at radius 3 is 2.47 bits per heavy atom. The lowest BCUT2D eigenvalue weighted by molar-refractivity contribution is -0.250. The summed E-state index contributed by atoms with van der Waals surface area (Å²) in [7, 11) is 0. The molecule has 8 aliphatic rings. The summed E-state index contributed by atoms with van der Waals surface area (Å²) in [6.07, 6.45) is 7.10. The van der Waals surface area contributed by atoms with Crippen LogP contribution in [0.4, 0.5) is 0 Å². The Morgan fingerprint density at radius 1 is 1.04 bits per heavy atom. The van der Waals surface area contributed by atoms with Gasteiger partial charge in [0, 0.05) is 18.5 Å². The number of rotatable bonds is 5. The second kappa shape index (κ2) is 10.6. The van der Waals surface area contributed by atoms with Crippen molar-refractivity contribution in [2.24, 2.45) is 50.7 Å². The molecule has 5 aliphatic carbocycles. The van der Waals surface area contributed by atoms with E-state index in [9.17, 15) is 20.1 Å². The largest absolute Gasteiger partial charge is 0.390 e. The smallest absolute Gasteiger partial charge is 0.237 e. The van der Waals surface area contributed by atoms with Gasteiger partial charge in [-0.25, -0.2) is 0 Å². The number of hydrogen-bond acceptors (Lipinski definition) is 8. The predicted molar refractivity (Wildman–Crippen MR) is 176 cm³/mol. The lowest BCUT2D eigenvalue weighted by atomic mass is 9.41. The maximum atomic E-state index is 12.4. The van der Waals surface area contributed by atoms with E-state index in [-0.39, 0.29) is 58.0 Å². The first-order valence-corrected chi connectivity index (χ1v) is 19.0. The van der Waals surface area contributed by atoms with E-state index in [1.165, 1.54) is 19.3 Å². The highest BCUT2D eigenvalue weighted by molar-refractivity contribution is 5.83. The van der Waals surface area contributed by atoms with Gasteiger partial charge in [-0.3, -0.25) is 9.69 Å². The van der Waals surface area contributed by atoms with E-state index in [0.29, 0.717) is 42.7 Å². The van der Waals surface area contributed by atoms with E-state index < -0.39 is 23.9 Å². The van der Waals surface area contributed by atoms with Gasteiger partial charge in [-0.05, 0) is 117 Å². The Kier molecular flexibility index (Phi) is 7.53. The number of carbonyl (C=O) groups excluding carboxylic acids is 1. The lowest BCUT2D eigenvalue weighted by Crippen LogP contribution is -2.60. The zero-order valence-electron chi connectivity index (χ0n) is 30.0. The first kappa shape index (κ1) is 33.3. The molecule has 1 amide bonds. The van der Waals surface area contributed by atoms with Gasteiger partial charge in [0.15, 0.2) is 6.29 Å². The third-order valence-corrected chi connectivity index (χ3v) is 16.7. The normalized spacial score (nSPS) is 54.4. The van der Waals surface area contributed by atoms with Gasteiger partial charge < -0.3 is 34.8 Å². The Labute approximate surface area is 281 Å². The summed E-state index contributed by atoms with van der Waals surface area (Å²) < 4.78 is 19.7. The van der Waals surface area contributed by atoms with Crippen LogP contribution in [0.1, 0.15) is 106 Å². The molecule has 8 fully saturated rings. The third-order valence-electron chi connectivity index (χ3n) is 16.7. The molecule has 9 heteroatoms. The summed E-state index contributed by atoms with van der Waals surface area (Å²) in [6, 6.07) is -0.0618. The van der Waals surface area contributed by atoms with Gasteiger partial charge in [-0.15, -0.1) is 0 Å². The molecule has 0 aromatic heterocycles. The molecule has 266 valence electrons. The van der Waals surface area contributed by atoms with Crippen molar-refractivity contribution >= 4 is 5.91 Å². The minimum absolute atomic E-state index is 0.00507. The molecule has 0 bridgehead atoms. The zero-order chi connectivity index (χ0) is 33.5. The van der Waals surface area contributed by atoms with E-state index in [1.54, 1.807) is 13.8 Å². The standard InChI is InChI=1S/C38H62N2O7/c1-21-18-23(30(41)34(4,5)44)46-29-28(21)35(6)13-14-38-20-37(38)12-10-26(33(2,3)24(37)8-9-25(38)36(35,7)31(29)42)47-27-19-40(16-17-45-27)22-11-15-39-32(22)43/h21-31,41-42,44H,8-20H2,1-7H3,(H,39,43)/t21-,22+,23-,24+,25+,26+,27+,28+,29+,30+,31+,35-,36-,37-,38+/m1/s1. The Morgan fingerprint density at radius 2 is 1.77 bits per heavy atom. The molecular weight excluding hydrogens is 596 g/mol. The van der Waals surface area contributed by atoms with Crippen LogP contribution < -0.4 is 5.32 Å². The molecular formula is C38H62N2O7. The summed E-state index contributed by atoms with van der Waals surface area (Å²) in [6.45, 7) is 18.1. The van der Waals surface area contributed by atoms with Gasteiger partial charge in [-0.2, -0.15) is 0 Å². The second-order valence-electron chi connectivity index (χ2n) is 19.2. The number of fused-ring (bicyclic) bond motifs is 4. The van der Waals surface area contributed by atoms with Gasteiger partial charge in [0.2, 0.25) is 5.91 Å². The highest BCUT2D eigenvalue weighted by Crippen LogP contribution is 2.89. The van der Waals surface area contributed by atoms with Crippen LogP contribution in [0, 0.1) is 50.7 Å². The fraction of sp³-hybridized carbons (Fsp3) is 0.974. The number of nitrogens with zero attached hydrogens (tertiary/aromatic N) is 1. The number of morpholine rings is 1. The summed E-state index contributed by atoms with van der Waals surface area (Å²) in [5.74, 6) is 1.69. The number of carbonyl (C=O) groups is 1. The fourth-order valence-electron chi connectivity index (χ4n) is 14.3. The van der Waals surface area contributed by atoms with E-state index in [4.69, 9.17) is 14.2 Å². The Balaban J connectivity index is 1.02. The average Bonchev–Trinajstić information content (AvgIpc) is 3.41. The fourth-order valence-corrected chi connectivity index (χ4v) is 14.3. The molecule has 47 heavy (non-hydrogen) atoms. The van der Waals surface area contributed by atoms with Crippen molar-refractivity contribution < 1.29 is 34.3 Å². The maximum Gasteiger partial charge on any atom is 0.237 e. The average molecular weight is 659 g/mol. The number of aliphatic hydroxyl groups is 3. The molecule has 9 nitrogen and oxygen atoms in total. The van der Waals surface area contributed by atoms with Gasteiger partial charge in [0.25, 0.3) is 0 Å². The van der Waals surface area contributed by atoms with Crippen molar-refractivity contribution in [1.82, 2.24) is 10.2 Å². The quantitative estimate of drug-likeness (QED) is 0.352. The summed E-state index contributed by atoms with van der Waals surface area (Å²) in [5.41, 5.74) is -1.00. The maximum absolute atomic E-state index is 12.4. The molecule has 0 aromatic carbocycles. The minimum Gasteiger partial charge on any atom is -0.390 e. The molecule has 3 heterocycles. The molecule has 3 aliphatic heterocycles. The number of amides is 1. The first-order valence-electron chi connectivity index (χ1n) is 19.0. The van der Waals surface area contributed by atoms with Crippen LogP contribution in [0.15, 0.2) is 0 Å². The van der Waals surface area contributed by atoms with E-state index in [2.05, 4.69) is 44.8 Å². The van der Waals surface area contributed by atoms with Crippen molar-refractivity contribution in [1.29, 1.82) is 0 Å². The van der Waals surface area contributed by atoms with Crippen LogP contribution >= 0.6 is 0 Å². The van der Waals surface area contributed by atoms with Gasteiger partial charge in [0.05, 0.1) is 49.2 Å². The molecule has 0 unspecified atom stereocenters. The molecule has 2 spiro atoms. The molecule has 3 saturated heterocycles. The summed E-state index contributed by atoms with van der Waals surface area (Å²) in [5, 5.41) is 37.1. The lowest BCUT2D eigenvalue weighted by Gasteiger charge is -2.64. The first-order chi connectivity index (χ1) is 22.0. The minimum atomic E-state index is -1.26. The molecule has 4 N–H and O–H groups in total. The van der Waals surface area contributed by atoms with Crippen molar-refractivity contribution in [3.63, 3.8) is 0 Å². The number of nitrogens with one attached hydrogen (secondary N) is 1. The SMILES string of the molecule is C[C@@H]1C[C@H]([C@H](O)C(C)(C)O)O[C@H]2[C@H]1[C@@]1(C)CC[C@@]34C[C@@]35CC[C@H](O[C@H]3CN([C@H]6CCNC6=O)CCO3)C(C)(C)[C@@H]5CC[C@H]4[C@]1(C)[C@H]2O. The number of aliphatic hydroxyl groups excluding tert-OH is 2. The monoisotopic (exact) mass is 658 g/mol. The Bertz CT molecular complexity index is 1270. The molecule has 0 aromatic rings.